The van der Waals surface area contributed by atoms with Gasteiger partial charge in [-0.2, -0.15) is 0 Å². The first-order chi connectivity index (χ1) is 14.3. The average Bonchev–Trinajstić information content (AvgIpc) is 3.49. The number of hydrogen-bond donors (Lipinski definition) is 2. The molecule has 2 N–H and O–H groups in total. The Morgan fingerprint density at radius 2 is 1.70 bits per heavy atom. The van der Waals surface area contributed by atoms with E-state index < -0.39 is 9.84 Å². The second kappa shape index (κ2) is 7.11. The van der Waals surface area contributed by atoms with Crippen molar-refractivity contribution in [3.8, 4) is 0 Å². The highest BCUT2D eigenvalue weighted by atomic mass is 35.5. The van der Waals surface area contributed by atoms with Gasteiger partial charge in [-0.1, -0.05) is 35.9 Å². The number of hydrogen-bond acceptors (Lipinski definition) is 5. The van der Waals surface area contributed by atoms with Gasteiger partial charge in [-0.15, -0.1) is 0 Å². The van der Waals surface area contributed by atoms with Crippen molar-refractivity contribution in [3.05, 3.63) is 70.8 Å². The number of amides is 1. The summed E-state index contributed by atoms with van der Waals surface area (Å²) in [5, 5.41) is 5.89. The van der Waals surface area contributed by atoms with Crippen LogP contribution in [0.2, 0.25) is 5.02 Å². The molecule has 2 fully saturated rings. The molecule has 0 aromatic heterocycles. The van der Waals surface area contributed by atoms with Gasteiger partial charge >= 0.3 is 0 Å². The summed E-state index contributed by atoms with van der Waals surface area (Å²) in [7, 11) is -3.27. The lowest BCUT2D eigenvalue weighted by atomic mass is 9.87. The Kier molecular flexibility index (Phi) is 4.65. The first-order valence-corrected chi connectivity index (χ1v) is 12.2. The molecule has 156 valence electrons. The van der Waals surface area contributed by atoms with E-state index >= 15 is 0 Å². The van der Waals surface area contributed by atoms with Crippen LogP contribution in [0, 0.1) is 5.92 Å². The number of rotatable bonds is 4. The largest absolute Gasteiger partial charge is 0.363 e. The number of fused-ring (bicyclic) bond motifs is 1. The Labute approximate surface area is 180 Å². The van der Waals surface area contributed by atoms with Crippen molar-refractivity contribution in [2.45, 2.75) is 35.9 Å². The van der Waals surface area contributed by atoms with Gasteiger partial charge in [0.2, 0.25) is 0 Å². The molecule has 0 radical (unpaired) electrons. The Balaban J connectivity index is 1.48. The number of halogens is 1. The Morgan fingerprint density at radius 1 is 1.03 bits per heavy atom. The quantitative estimate of drug-likeness (QED) is 0.759. The number of nitrogens with zero attached hydrogens (tertiary/aromatic N) is 1. The summed E-state index contributed by atoms with van der Waals surface area (Å²) in [6, 6.07) is 14.6. The predicted octanol–water partition coefficient (Wildman–Crippen LogP) is 2.92. The molecular weight excluding hydrogens is 422 g/mol. The first kappa shape index (κ1) is 19.6. The maximum atomic E-state index is 12.9. The second-order valence-corrected chi connectivity index (χ2v) is 10.7. The topological polar surface area (TPSA) is 78.5 Å². The Bertz CT molecular complexity index is 1130. The monoisotopic (exact) mass is 443 g/mol. The molecule has 1 amide bonds. The highest BCUT2D eigenvalue weighted by Crippen LogP contribution is 2.45. The molecule has 1 aliphatic carbocycles. The standard InChI is InChI=1S/C22H22ClN3O3S/c1-30(28,29)17-10-6-13(7-11-17)18-12-19(27)26-22(24-18)20(21(25-26)15-2-3-15)14-4-8-16(23)9-5-14/h4-12,15,20-22,24-25H,2-3H2,1H3. The molecule has 5 rings (SSSR count). The lowest BCUT2D eigenvalue weighted by Gasteiger charge is -2.33. The number of hydrazine groups is 1. The highest BCUT2D eigenvalue weighted by Gasteiger charge is 2.51. The third-order valence-corrected chi connectivity index (χ3v) is 7.46. The lowest BCUT2D eigenvalue weighted by Crippen LogP contribution is -2.52. The van der Waals surface area contributed by atoms with E-state index in [9.17, 15) is 13.2 Å². The molecule has 6 nitrogen and oxygen atoms in total. The van der Waals surface area contributed by atoms with E-state index in [2.05, 4.69) is 10.7 Å². The third-order valence-electron chi connectivity index (χ3n) is 6.08. The molecule has 3 aliphatic rings. The maximum Gasteiger partial charge on any atom is 0.264 e. The van der Waals surface area contributed by atoms with Crippen LogP contribution in [0.4, 0.5) is 0 Å². The molecule has 2 aromatic rings. The molecule has 0 spiro atoms. The summed E-state index contributed by atoms with van der Waals surface area (Å²) >= 11 is 6.09. The molecule has 1 saturated carbocycles. The van der Waals surface area contributed by atoms with Gasteiger partial charge in [-0.3, -0.25) is 9.80 Å². The van der Waals surface area contributed by atoms with Gasteiger partial charge in [-0.05, 0) is 54.2 Å². The van der Waals surface area contributed by atoms with Crippen molar-refractivity contribution in [3.63, 3.8) is 0 Å². The van der Waals surface area contributed by atoms with E-state index in [4.69, 9.17) is 11.6 Å². The smallest absolute Gasteiger partial charge is 0.264 e. The van der Waals surface area contributed by atoms with Crippen LogP contribution in [0.5, 0.6) is 0 Å². The first-order valence-electron chi connectivity index (χ1n) is 9.95. The molecule has 2 aliphatic heterocycles. The average molecular weight is 444 g/mol. The minimum atomic E-state index is -3.27. The summed E-state index contributed by atoms with van der Waals surface area (Å²) in [6.07, 6.45) is 4.82. The zero-order valence-electron chi connectivity index (χ0n) is 16.4. The third kappa shape index (κ3) is 3.51. The second-order valence-electron chi connectivity index (χ2n) is 8.22. The molecule has 8 heteroatoms. The fourth-order valence-electron chi connectivity index (χ4n) is 4.40. The maximum absolute atomic E-state index is 12.9. The summed E-state index contributed by atoms with van der Waals surface area (Å²) < 4.78 is 23.5. The van der Waals surface area contributed by atoms with Crippen LogP contribution >= 0.6 is 11.6 Å². The van der Waals surface area contributed by atoms with E-state index in [0.29, 0.717) is 16.6 Å². The number of benzene rings is 2. The van der Waals surface area contributed by atoms with Crippen LogP contribution in [-0.4, -0.2) is 37.8 Å². The highest BCUT2D eigenvalue weighted by molar-refractivity contribution is 7.90. The van der Waals surface area contributed by atoms with Gasteiger partial charge in [0.15, 0.2) is 9.84 Å². The molecule has 1 saturated heterocycles. The lowest BCUT2D eigenvalue weighted by molar-refractivity contribution is -0.131. The molecule has 0 bridgehead atoms. The summed E-state index contributed by atoms with van der Waals surface area (Å²) in [6.45, 7) is 0. The molecule has 3 unspecified atom stereocenters. The summed E-state index contributed by atoms with van der Waals surface area (Å²) in [5.41, 5.74) is 6.03. The van der Waals surface area contributed by atoms with E-state index in [1.165, 1.54) is 6.26 Å². The summed E-state index contributed by atoms with van der Waals surface area (Å²) in [4.78, 5) is 13.2. The minimum Gasteiger partial charge on any atom is -0.363 e. The fourth-order valence-corrected chi connectivity index (χ4v) is 5.16. The SMILES string of the molecule is CS(=O)(=O)c1ccc(C2=CC(=O)N3NC(C4CC4)C(c4ccc(Cl)cc4)C3N2)cc1. The molecular formula is C22H22ClN3O3S. The van der Waals surface area contributed by atoms with E-state index in [1.54, 1.807) is 35.4 Å². The van der Waals surface area contributed by atoms with Crippen molar-refractivity contribution in [1.29, 1.82) is 0 Å². The van der Waals surface area contributed by atoms with Crippen LogP contribution < -0.4 is 10.7 Å². The van der Waals surface area contributed by atoms with Crippen molar-refractivity contribution in [2.75, 3.05) is 6.26 Å². The van der Waals surface area contributed by atoms with E-state index in [0.717, 1.165) is 24.0 Å². The minimum absolute atomic E-state index is 0.0812. The normalized spacial score (nSPS) is 26.2. The van der Waals surface area contributed by atoms with Crippen LogP contribution in [-0.2, 0) is 14.6 Å². The Morgan fingerprint density at radius 3 is 2.30 bits per heavy atom. The predicted molar refractivity (Wildman–Crippen MR) is 115 cm³/mol. The number of nitrogens with one attached hydrogen (secondary N) is 2. The molecule has 30 heavy (non-hydrogen) atoms. The molecule has 2 aromatic carbocycles. The van der Waals surface area contributed by atoms with Crippen LogP contribution in [0.15, 0.2) is 59.5 Å². The van der Waals surface area contributed by atoms with Gasteiger partial charge < -0.3 is 5.32 Å². The number of sulfone groups is 1. The van der Waals surface area contributed by atoms with Crippen molar-refractivity contribution < 1.29 is 13.2 Å². The van der Waals surface area contributed by atoms with E-state index in [-0.39, 0.29) is 28.9 Å². The van der Waals surface area contributed by atoms with Crippen LogP contribution in [0.3, 0.4) is 0 Å². The van der Waals surface area contributed by atoms with Crippen molar-refractivity contribution in [1.82, 2.24) is 15.8 Å². The fraction of sp³-hybridized carbons (Fsp3) is 0.318. The van der Waals surface area contributed by atoms with Gasteiger partial charge in [0.05, 0.1) is 4.90 Å². The molecule has 3 atom stereocenters. The Hall–Kier alpha value is -2.35. The van der Waals surface area contributed by atoms with Gasteiger partial charge in [0, 0.05) is 35.0 Å². The molecule has 2 heterocycles. The van der Waals surface area contributed by atoms with E-state index in [1.807, 2.05) is 24.3 Å². The van der Waals surface area contributed by atoms with Crippen molar-refractivity contribution >= 4 is 33.0 Å². The number of carbonyl (C=O) groups is 1. The summed E-state index contributed by atoms with van der Waals surface area (Å²) in [5.74, 6) is 0.518. The van der Waals surface area contributed by atoms with Crippen LogP contribution in [0.25, 0.3) is 5.70 Å². The zero-order valence-corrected chi connectivity index (χ0v) is 18.0. The van der Waals surface area contributed by atoms with Gasteiger partial charge in [0.1, 0.15) is 6.17 Å². The van der Waals surface area contributed by atoms with Crippen molar-refractivity contribution in [2.24, 2.45) is 5.92 Å². The zero-order chi connectivity index (χ0) is 21.0. The van der Waals surface area contributed by atoms with Crippen LogP contribution in [0.1, 0.15) is 29.9 Å². The number of carbonyl (C=O) groups excluding carboxylic acids is 1. The van der Waals surface area contributed by atoms with Gasteiger partial charge in [0.25, 0.3) is 5.91 Å². The van der Waals surface area contributed by atoms with Gasteiger partial charge in [-0.25, -0.2) is 13.8 Å².